The van der Waals surface area contributed by atoms with Crippen LogP contribution in [-0.4, -0.2) is 71.4 Å². The molecule has 1 aliphatic carbocycles. The van der Waals surface area contributed by atoms with Crippen molar-refractivity contribution in [3.63, 3.8) is 0 Å². The molecule has 1 atom stereocenters. The summed E-state index contributed by atoms with van der Waals surface area (Å²) in [6.07, 6.45) is 2.00. The summed E-state index contributed by atoms with van der Waals surface area (Å²) in [6.45, 7) is 1.93. The Balaban J connectivity index is 1.32. The van der Waals surface area contributed by atoms with Gasteiger partial charge in [-0.1, -0.05) is 6.07 Å². The molecule has 7 nitrogen and oxygen atoms in total. The number of fused-ring (bicyclic) bond motifs is 2. The average molecular weight is 391 g/mol. The molecule has 3 heterocycles. The number of thioether (sulfide) groups is 1. The molecule has 4 fully saturated rings. The van der Waals surface area contributed by atoms with Gasteiger partial charge in [-0.25, -0.2) is 4.79 Å². The standard InChI is InChI=1S/C19H25N3O4S/c23-17(22-4-6-27-7-5-22)13-2-1-3-15(8-13)21-18(24)20-11-19(25)12-26-16-9-14(19)10-16/h1-3,8,14,16,25H,4-7,9-12H2,(H2,20,21,24). The fourth-order valence-corrected chi connectivity index (χ4v) is 4.71. The monoisotopic (exact) mass is 391 g/mol. The van der Waals surface area contributed by atoms with Crippen molar-refractivity contribution in [3.8, 4) is 0 Å². The topological polar surface area (TPSA) is 90.9 Å². The lowest BCUT2D eigenvalue weighted by Crippen LogP contribution is -2.62. The zero-order valence-electron chi connectivity index (χ0n) is 15.1. The average Bonchev–Trinajstić information content (AvgIpc) is 2.66. The van der Waals surface area contributed by atoms with E-state index in [0.29, 0.717) is 11.3 Å². The normalized spacial score (nSPS) is 29.6. The summed E-state index contributed by atoms with van der Waals surface area (Å²) in [5.74, 6) is 2.11. The Hall–Kier alpha value is -1.77. The van der Waals surface area contributed by atoms with Crippen LogP contribution in [0.2, 0.25) is 0 Å². The zero-order chi connectivity index (χ0) is 18.9. The minimum atomic E-state index is -0.990. The van der Waals surface area contributed by atoms with Gasteiger partial charge in [0.15, 0.2) is 0 Å². The molecule has 3 N–H and O–H groups in total. The highest BCUT2D eigenvalue weighted by Crippen LogP contribution is 2.43. The number of anilines is 1. The first-order chi connectivity index (χ1) is 13.0. The summed E-state index contributed by atoms with van der Waals surface area (Å²) in [5, 5.41) is 16.1. The quantitative estimate of drug-likeness (QED) is 0.724. The van der Waals surface area contributed by atoms with E-state index < -0.39 is 11.6 Å². The lowest BCUT2D eigenvalue weighted by Gasteiger charge is -2.51. The van der Waals surface area contributed by atoms with E-state index in [1.165, 1.54) is 0 Å². The number of amides is 3. The van der Waals surface area contributed by atoms with Crippen molar-refractivity contribution in [1.82, 2.24) is 10.2 Å². The van der Waals surface area contributed by atoms with Crippen LogP contribution in [0.25, 0.3) is 0 Å². The third-order valence-electron chi connectivity index (χ3n) is 5.64. The molecular formula is C19H25N3O4S. The summed E-state index contributed by atoms with van der Waals surface area (Å²) in [6, 6.07) is 6.57. The Morgan fingerprint density at radius 2 is 2.07 bits per heavy atom. The minimum absolute atomic E-state index is 0.00689. The molecule has 8 heteroatoms. The predicted molar refractivity (Wildman–Crippen MR) is 104 cm³/mol. The van der Waals surface area contributed by atoms with Gasteiger partial charge in [-0.3, -0.25) is 4.79 Å². The number of hydrogen-bond acceptors (Lipinski definition) is 5. The number of urea groups is 1. The molecule has 146 valence electrons. The smallest absolute Gasteiger partial charge is 0.319 e. The van der Waals surface area contributed by atoms with Crippen LogP contribution in [0, 0.1) is 5.92 Å². The maximum Gasteiger partial charge on any atom is 0.319 e. The molecule has 1 saturated carbocycles. The molecule has 3 amide bonds. The molecule has 5 rings (SSSR count). The van der Waals surface area contributed by atoms with E-state index in [9.17, 15) is 14.7 Å². The van der Waals surface area contributed by atoms with Crippen LogP contribution >= 0.6 is 11.8 Å². The second-order valence-corrected chi connectivity index (χ2v) is 8.72. The van der Waals surface area contributed by atoms with Crippen LogP contribution in [0.15, 0.2) is 24.3 Å². The Labute approximate surface area is 162 Å². The number of aliphatic hydroxyl groups is 1. The highest BCUT2D eigenvalue weighted by Gasteiger charge is 2.50. The molecule has 2 bridgehead atoms. The number of ether oxygens (including phenoxy) is 1. The van der Waals surface area contributed by atoms with Gasteiger partial charge in [0.25, 0.3) is 5.91 Å². The molecule has 1 aromatic carbocycles. The van der Waals surface area contributed by atoms with Crippen LogP contribution in [0.3, 0.4) is 0 Å². The number of rotatable bonds is 4. The second kappa shape index (κ2) is 7.69. The van der Waals surface area contributed by atoms with Gasteiger partial charge in [-0.2, -0.15) is 11.8 Å². The van der Waals surface area contributed by atoms with Gasteiger partial charge in [-0.05, 0) is 37.0 Å². The Morgan fingerprint density at radius 1 is 1.30 bits per heavy atom. The minimum Gasteiger partial charge on any atom is -0.385 e. The van der Waals surface area contributed by atoms with Crippen molar-refractivity contribution >= 4 is 29.4 Å². The van der Waals surface area contributed by atoms with Gasteiger partial charge in [0.2, 0.25) is 0 Å². The lowest BCUT2D eigenvalue weighted by molar-refractivity contribution is -0.214. The fraction of sp³-hybridized carbons (Fsp3) is 0.579. The first-order valence-corrected chi connectivity index (χ1v) is 10.5. The van der Waals surface area contributed by atoms with E-state index in [4.69, 9.17) is 4.74 Å². The summed E-state index contributed by atoms with van der Waals surface area (Å²) >= 11 is 1.85. The van der Waals surface area contributed by atoms with Crippen LogP contribution in [0.4, 0.5) is 10.5 Å². The molecule has 1 aromatic rings. The first kappa shape index (κ1) is 18.6. The third-order valence-corrected chi connectivity index (χ3v) is 6.59. The summed E-state index contributed by atoms with van der Waals surface area (Å²) in [7, 11) is 0. The summed E-state index contributed by atoms with van der Waals surface area (Å²) < 4.78 is 5.54. The van der Waals surface area contributed by atoms with E-state index in [0.717, 1.165) is 37.4 Å². The molecule has 0 spiro atoms. The number of benzene rings is 1. The number of nitrogens with one attached hydrogen (secondary N) is 2. The van der Waals surface area contributed by atoms with E-state index in [1.54, 1.807) is 24.3 Å². The molecule has 3 saturated heterocycles. The largest absolute Gasteiger partial charge is 0.385 e. The number of nitrogens with zero attached hydrogens (tertiary/aromatic N) is 1. The van der Waals surface area contributed by atoms with Crippen LogP contribution in [-0.2, 0) is 4.74 Å². The molecule has 1 unspecified atom stereocenters. The van der Waals surface area contributed by atoms with Crippen molar-refractivity contribution < 1.29 is 19.4 Å². The van der Waals surface area contributed by atoms with Crippen LogP contribution in [0.1, 0.15) is 23.2 Å². The second-order valence-electron chi connectivity index (χ2n) is 7.50. The maximum absolute atomic E-state index is 12.6. The van der Waals surface area contributed by atoms with Crippen LogP contribution < -0.4 is 10.6 Å². The van der Waals surface area contributed by atoms with Gasteiger partial charge < -0.3 is 25.4 Å². The van der Waals surface area contributed by atoms with Crippen molar-refractivity contribution in [2.45, 2.75) is 24.5 Å². The van der Waals surface area contributed by atoms with E-state index >= 15 is 0 Å². The van der Waals surface area contributed by atoms with Gasteiger partial charge in [0.1, 0.15) is 5.60 Å². The summed E-state index contributed by atoms with van der Waals surface area (Å²) in [5.41, 5.74) is 0.135. The van der Waals surface area contributed by atoms with E-state index in [1.807, 2.05) is 16.7 Å². The van der Waals surface area contributed by atoms with Crippen molar-refractivity contribution in [2.24, 2.45) is 5.92 Å². The highest BCUT2D eigenvalue weighted by molar-refractivity contribution is 7.99. The highest BCUT2D eigenvalue weighted by atomic mass is 32.2. The van der Waals surface area contributed by atoms with Gasteiger partial charge >= 0.3 is 6.03 Å². The molecular weight excluding hydrogens is 366 g/mol. The van der Waals surface area contributed by atoms with Gasteiger partial charge in [0, 0.05) is 35.8 Å². The van der Waals surface area contributed by atoms with Gasteiger partial charge in [-0.15, -0.1) is 0 Å². The van der Waals surface area contributed by atoms with Crippen molar-refractivity contribution in [3.05, 3.63) is 29.8 Å². The molecule has 27 heavy (non-hydrogen) atoms. The van der Waals surface area contributed by atoms with E-state index in [-0.39, 0.29) is 31.1 Å². The Kier molecular flexibility index (Phi) is 5.29. The SMILES string of the molecule is O=C(NCC1(O)COC2CC1C2)Nc1cccc(C(=O)N2CCSCC2)c1. The lowest BCUT2D eigenvalue weighted by atomic mass is 9.68. The summed E-state index contributed by atoms with van der Waals surface area (Å²) in [4.78, 5) is 26.7. The van der Waals surface area contributed by atoms with Crippen molar-refractivity contribution in [2.75, 3.05) is 43.1 Å². The van der Waals surface area contributed by atoms with Crippen LogP contribution in [0.5, 0.6) is 0 Å². The Morgan fingerprint density at radius 3 is 2.78 bits per heavy atom. The van der Waals surface area contributed by atoms with Crippen molar-refractivity contribution in [1.29, 1.82) is 0 Å². The maximum atomic E-state index is 12.6. The first-order valence-electron chi connectivity index (χ1n) is 9.39. The third kappa shape index (κ3) is 4.07. The predicted octanol–water partition coefficient (Wildman–Crippen LogP) is 1.54. The number of hydrogen-bond donors (Lipinski definition) is 3. The molecule has 3 aliphatic heterocycles. The van der Waals surface area contributed by atoms with E-state index in [2.05, 4.69) is 10.6 Å². The molecule has 4 aliphatic rings. The number of carbonyl (C=O) groups excluding carboxylic acids is 2. The fourth-order valence-electron chi connectivity index (χ4n) is 3.80. The number of carbonyl (C=O) groups is 2. The van der Waals surface area contributed by atoms with Gasteiger partial charge in [0.05, 0.1) is 19.3 Å². The Bertz CT molecular complexity index is 716. The molecule has 0 radical (unpaired) electrons. The molecule has 0 aromatic heterocycles. The zero-order valence-corrected chi connectivity index (χ0v) is 16.0.